The number of methoxy groups -OCH3 is 2. The highest BCUT2D eigenvalue weighted by Gasteiger charge is 2.19. The van der Waals surface area contributed by atoms with Crippen molar-refractivity contribution in [1.29, 1.82) is 0 Å². The van der Waals surface area contributed by atoms with Crippen LogP contribution in [0.3, 0.4) is 0 Å². The number of hydrogen-bond acceptors (Lipinski definition) is 4. The highest BCUT2D eigenvalue weighted by molar-refractivity contribution is 5.97. The summed E-state index contributed by atoms with van der Waals surface area (Å²) in [6.45, 7) is 2.92. The van der Waals surface area contributed by atoms with Gasteiger partial charge in [-0.1, -0.05) is 19.1 Å². The second kappa shape index (κ2) is 8.19. The van der Waals surface area contributed by atoms with Crippen LogP contribution in [0.1, 0.15) is 30.1 Å². The first-order valence-electron chi connectivity index (χ1n) is 6.63. The summed E-state index contributed by atoms with van der Waals surface area (Å²) in [6.07, 6.45) is 1.01. The maximum atomic E-state index is 12.5. The Bertz CT molecular complexity index is 459. The van der Waals surface area contributed by atoms with Crippen LogP contribution in [0.2, 0.25) is 0 Å². The van der Waals surface area contributed by atoms with Gasteiger partial charge in [-0.2, -0.15) is 0 Å². The molecule has 0 aliphatic rings. The van der Waals surface area contributed by atoms with Crippen molar-refractivity contribution < 1.29 is 19.1 Å². The van der Waals surface area contributed by atoms with Gasteiger partial charge in [-0.05, 0) is 18.6 Å². The summed E-state index contributed by atoms with van der Waals surface area (Å²) in [5, 5.41) is 0. The van der Waals surface area contributed by atoms with E-state index in [2.05, 4.69) is 4.74 Å². The molecule has 5 heteroatoms. The fourth-order valence-corrected chi connectivity index (χ4v) is 1.90. The Labute approximate surface area is 119 Å². The number of ether oxygens (including phenoxy) is 2. The van der Waals surface area contributed by atoms with E-state index in [0.717, 1.165) is 6.42 Å². The van der Waals surface area contributed by atoms with Crippen LogP contribution in [0.5, 0.6) is 5.75 Å². The molecule has 0 spiro atoms. The number of rotatable bonds is 7. The van der Waals surface area contributed by atoms with Gasteiger partial charge in [0.2, 0.25) is 0 Å². The molecule has 1 aromatic carbocycles. The highest BCUT2D eigenvalue weighted by atomic mass is 16.5. The molecule has 0 aliphatic carbocycles. The number of esters is 1. The number of carbonyl (C=O) groups is 2. The molecule has 0 aliphatic heterocycles. The largest absolute Gasteiger partial charge is 0.496 e. The number of carbonyl (C=O) groups excluding carboxylic acids is 2. The zero-order chi connectivity index (χ0) is 15.0. The normalized spacial score (nSPS) is 9.95. The van der Waals surface area contributed by atoms with Crippen LogP contribution in [0, 0.1) is 0 Å². The first-order valence-corrected chi connectivity index (χ1v) is 6.63. The Kier molecular flexibility index (Phi) is 6.56. The maximum Gasteiger partial charge on any atom is 0.307 e. The second-order valence-electron chi connectivity index (χ2n) is 4.32. The van der Waals surface area contributed by atoms with Crippen LogP contribution in [-0.4, -0.2) is 44.1 Å². The molecule has 0 bridgehead atoms. The highest BCUT2D eigenvalue weighted by Crippen LogP contribution is 2.19. The van der Waals surface area contributed by atoms with E-state index in [1.54, 1.807) is 23.1 Å². The van der Waals surface area contributed by atoms with Gasteiger partial charge in [-0.25, -0.2) is 0 Å². The first kappa shape index (κ1) is 16.0. The quantitative estimate of drug-likeness (QED) is 0.717. The van der Waals surface area contributed by atoms with Crippen molar-refractivity contribution in [3.05, 3.63) is 29.8 Å². The van der Waals surface area contributed by atoms with Gasteiger partial charge in [0.15, 0.2) is 0 Å². The molecule has 0 fully saturated rings. The van der Waals surface area contributed by atoms with Crippen LogP contribution >= 0.6 is 0 Å². The molecule has 0 saturated heterocycles. The number of nitrogens with zero attached hydrogens (tertiary/aromatic N) is 1. The molecule has 0 aromatic heterocycles. The minimum absolute atomic E-state index is 0.131. The average molecular weight is 279 g/mol. The summed E-state index contributed by atoms with van der Waals surface area (Å²) in [7, 11) is 2.87. The Morgan fingerprint density at radius 2 is 1.85 bits per heavy atom. The molecule has 0 radical (unpaired) electrons. The number of amides is 1. The summed E-state index contributed by atoms with van der Waals surface area (Å²) >= 11 is 0. The molecule has 0 atom stereocenters. The third-order valence-corrected chi connectivity index (χ3v) is 2.93. The smallest absolute Gasteiger partial charge is 0.307 e. The fraction of sp³-hybridized carbons (Fsp3) is 0.467. The van der Waals surface area contributed by atoms with Crippen LogP contribution in [-0.2, 0) is 9.53 Å². The van der Waals surface area contributed by atoms with Gasteiger partial charge in [-0.3, -0.25) is 9.59 Å². The molecule has 1 aromatic rings. The fourth-order valence-electron chi connectivity index (χ4n) is 1.90. The van der Waals surface area contributed by atoms with Crippen molar-refractivity contribution in [2.24, 2.45) is 0 Å². The van der Waals surface area contributed by atoms with E-state index in [4.69, 9.17) is 4.74 Å². The third kappa shape index (κ3) is 4.26. The Balaban J connectivity index is 2.84. The molecule has 1 rings (SSSR count). The molecule has 1 amide bonds. The van der Waals surface area contributed by atoms with Gasteiger partial charge in [0.05, 0.1) is 26.2 Å². The van der Waals surface area contributed by atoms with E-state index in [9.17, 15) is 9.59 Å². The van der Waals surface area contributed by atoms with Crippen molar-refractivity contribution in [3.8, 4) is 5.75 Å². The number of benzene rings is 1. The minimum atomic E-state index is -0.320. The summed E-state index contributed by atoms with van der Waals surface area (Å²) in [6, 6.07) is 7.08. The zero-order valence-corrected chi connectivity index (χ0v) is 12.2. The van der Waals surface area contributed by atoms with E-state index in [1.165, 1.54) is 14.2 Å². The van der Waals surface area contributed by atoms with Crippen molar-refractivity contribution in [3.63, 3.8) is 0 Å². The topological polar surface area (TPSA) is 55.8 Å². The zero-order valence-electron chi connectivity index (χ0n) is 12.2. The second-order valence-corrected chi connectivity index (χ2v) is 4.32. The van der Waals surface area contributed by atoms with Crippen molar-refractivity contribution in [2.75, 3.05) is 27.3 Å². The molecule has 110 valence electrons. The summed E-state index contributed by atoms with van der Waals surface area (Å²) < 4.78 is 9.81. The molecule has 20 heavy (non-hydrogen) atoms. The van der Waals surface area contributed by atoms with Gasteiger partial charge >= 0.3 is 5.97 Å². The molecular formula is C15H21NO4. The molecule has 5 nitrogen and oxygen atoms in total. The van der Waals surface area contributed by atoms with Crippen LogP contribution in [0.15, 0.2) is 24.3 Å². The average Bonchev–Trinajstić information content (AvgIpc) is 2.50. The maximum absolute atomic E-state index is 12.5. The predicted molar refractivity (Wildman–Crippen MR) is 75.8 cm³/mol. The summed E-state index contributed by atoms with van der Waals surface area (Å²) in [5.41, 5.74) is 0.508. The van der Waals surface area contributed by atoms with Gasteiger partial charge in [0.1, 0.15) is 5.75 Å². The third-order valence-electron chi connectivity index (χ3n) is 2.93. The summed E-state index contributed by atoms with van der Waals surface area (Å²) in [4.78, 5) is 25.4. The standard InChI is InChI=1S/C15H21NO4/c1-4-10-16(11-9-14(17)20-3)15(18)12-7-5-6-8-13(12)19-2/h5-8H,4,9-11H2,1-3H3. The monoisotopic (exact) mass is 279 g/mol. The minimum Gasteiger partial charge on any atom is -0.496 e. The molecular weight excluding hydrogens is 258 g/mol. The lowest BCUT2D eigenvalue weighted by Crippen LogP contribution is -2.34. The van der Waals surface area contributed by atoms with E-state index in [-0.39, 0.29) is 18.3 Å². The van der Waals surface area contributed by atoms with Crippen molar-refractivity contribution in [2.45, 2.75) is 19.8 Å². The van der Waals surface area contributed by atoms with E-state index < -0.39 is 0 Å². The van der Waals surface area contributed by atoms with Gasteiger partial charge in [0, 0.05) is 13.1 Å². The van der Waals surface area contributed by atoms with Gasteiger partial charge < -0.3 is 14.4 Å². The van der Waals surface area contributed by atoms with Gasteiger partial charge in [0.25, 0.3) is 5.91 Å². The van der Waals surface area contributed by atoms with E-state index in [1.807, 2.05) is 13.0 Å². The molecule has 0 heterocycles. The number of hydrogen-bond donors (Lipinski definition) is 0. The summed E-state index contributed by atoms with van der Waals surface area (Å²) in [5.74, 6) is 0.0869. The molecule has 0 unspecified atom stereocenters. The Morgan fingerprint density at radius 3 is 2.45 bits per heavy atom. The van der Waals surface area contributed by atoms with Crippen LogP contribution in [0.4, 0.5) is 0 Å². The van der Waals surface area contributed by atoms with Crippen molar-refractivity contribution in [1.82, 2.24) is 4.90 Å². The Hall–Kier alpha value is -2.04. The van der Waals surface area contributed by atoms with E-state index in [0.29, 0.717) is 24.4 Å². The molecule has 0 saturated carbocycles. The lowest BCUT2D eigenvalue weighted by atomic mass is 10.1. The van der Waals surface area contributed by atoms with Crippen LogP contribution < -0.4 is 4.74 Å². The molecule has 0 N–H and O–H groups in total. The van der Waals surface area contributed by atoms with Gasteiger partial charge in [-0.15, -0.1) is 0 Å². The lowest BCUT2D eigenvalue weighted by Gasteiger charge is -2.22. The Morgan fingerprint density at radius 1 is 1.15 bits per heavy atom. The SMILES string of the molecule is CCCN(CCC(=O)OC)C(=O)c1ccccc1OC. The first-order chi connectivity index (χ1) is 9.63. The number of para-hydroxylation sites is 1. The van der Waals surface area contributed by atoms with Crippen molar-refractivity contribution >= 4 is 11.9 Å². The lowest BCUT2D eigenvalue weighted by molar-refractivity contribution is -0.140. The predicted octanol–water partition coefficient (Wildman–Crippen LogP) is 2.11. The van der Waals surface area contributed by atoms with Crippen LogP contribution in [0.25, 0.3) is 0 Å². The van der Waals surface area contributed by atoms with E-state index >= 15 is 0 Å².